The second-order valence-electron chi connectivity index (χ2n) is 3.57. The van der Waals surface area contributed by atoms with Gasteiger partial charge < -0.3 is 15.8 Å². The number of nitrogens with one attached hydrogen (secondary N) is 2. The second kappa shape index (κ2) is 8.14. The Bertz CT molecular complexity index is 585. The van der Waals surface area contributed by atoms with Crippen LogP contribution in [0.4, 0.5) is 5.82 Å². The van der Waals surface area contributed by atoms with Crippen molar-refractivity contribution in [2.24, 2.45) is 0 Å². The molecule has 0 saturated carbocycles. The summed E-state index contributed by atoms with van der Waals surface area (Å²) in [4.78, 5) is 8.01. The summed E-state index contributed by atoms with van der Waals surface area (Å²) in [5.74, 6) is 0.492. The topological polar surface area (TPSA) is 70.8 Å². The molecule has 0 atom stereocenters. The van der Waals surface area contributed by atoms with Crippen molar-refractivity contribution in [1.82, 2.24) is 9.97 Å². The molecule has 0 saturated heterocycles. The van der Waals surface area contributed by atoms with Gasteiger partial charge in [-0.05, 0) is 5.56 Å². The van der Waals surface area contributed by atoms with Crippen LogP contribution in [0.15, 0.2) is 36.5 Å². The van der Waals surface area contributed by atoms with Crippen LogP contribution < -0.4 is 10.1 Å². The van der Waals surface area contributed by atoms with E-state index >= 15 is 0 Å². The van der Waals surface area contributed by atoms with Gasteiger partial charge in [0.2, 0.25) is 5.88 Å². The Morgan fingerprint density at radius 2 is 2.05 bits per heavy atom. The zero-order valence-electron chi connectivity index (χ0n) is 10.2. The van der Waals surface area contributed by atoms with Crippen molar-refractivity contribution in [2.45, 2.75) is 6.61 Å². The number of nitrogens with zero attached hydrogens (tertiary/aromatic N) is 2. The molecule has 0 aliphatic carbocycles. The molecule has 0 unspecified atom stereocenters. The van der Waals surface area contributed by atoms with Gasteiger partial charge in [-0.1, -0.05) is 54.2 Å². The number of benzene rings is 1. The van der Waals surface area contributed by atoms with E-state index in [1.165, 1.54) is 6.20 Å². The van der Waals surface area contributed by atoms with Crippen molar-refractivity contribution in [3.05, 3.63) is 53.0 Å². The summed E-state index contributed by atoms with van der Waals surface area (Å²) in [7, 11) is 0. The van der Waals surface area contributed by atoms with Crippen molar-refractivity contribution in [2.75, 3.05) is 5.32 Å². The number of thiocarbonyl (C=S) groups is 1. The third-order valence-electron chi connectivity index (χ3n) is 2.16. The maximum atomic E-state index is 7.23. The number of rotatable bonds is 4. The Morgan fingerprint density at radius 3 is 2.70 bits per heavy atom. The standard InChI is InChI=1S/C12H11ClN4OS.W/c13-9-6-15-11(10(16-9)17-12(14)19)18-7-8-4-2-1-3-5-8;/h1-6H,7H2,(H3,14,16,17,19);/p-1. The summed E-state index contributed by atoms with van der Waals surface area (Å²) in [5.41, 5.74) is 8.23. The minimum atomic E-state index is -0.180. The molecule has 0 radical (unpaired) electrons. The van der Waals surface area contributed by atoms with Gasteiger partial charge in [-0.15, -0.1) is 0 Å². The van der Waals surface area contributed by atoms with Crippen molar-refractivity contribution in [3.63, 3.8) is 0 Å². The van der Waals surface area contributed by atoms with Gasteiger partial charge in [-0.3, -0.25) is 0 Å². The first-order valence-electron chi connectivity index (χ1n) is 5.37. The summed E-state index contributed by atoms with van der Waals surface area (Å²) >= 11 is 10.4. The van der Waals surface area contributed by atoms with Gasteiger partial charge in [0.15, 0.2) is 0 Å². The Hall–Kier alpha value is -1.23. The first kappa shape index (κ1) is 16.8. The fourth-order valence-corrected chi connectivity index (χ4v) is 1.61. The number of anilines is 1. The Labute approximate surface area is 141 Å². The average Bonchev–Trinajstić information content (AvgIpc) is 2.38. The SMILES string of the molecule is [NH-]C(=S)Nc1nc(Cl)cnc1OCc1ccccc1.[W]. The first-order chi connectivity index (χ1) is 9.15. The van der Waals surface area contributed by atoms with E-state index in [0.29, 0.717) is 6.61 Å². The molecule has 0 bridgehead atoms. The van der Waals surface area contributed by atoms with Crippen molar-refractivity contribution in [1.29, 1.82) is 0 Å². The van der Waals surface area contributed by atoms with E-state index in [-0.39, 0.29) is 43.0 Å². The summed E-state index contributed by atoms with van der Waals surface area (Å²) in [6, 6.07) is 9.64. The van der Waals surface area contributed by atoms with E-state index in [2.05, 4.69) is 27.5 Å². The monoisotopic (exact) mass is 477 g/mol. The molecule has 2 N–H and O–H groups in total. The van der Waals surface area contributed by atoms with E-state index < -0.39 is 0 Å². The zero-order valence-corrected chi connectivity index (χ0v) is 14.7. The van der Waals surface area contributed by atoms with Crippen molar-refractivity contribution in [3.8, 4) is 5.88 Å². The van der Waals surface area contributed by atoms with Crippen molar-refractivity contribution < 1.29 is 25.8 Å². The average molecular weight is 478 g/mol. The van der Waals surface area contributed by atoms with Crippen LogP contribution in [0, 0.1) is 0 Å². The third-order valence-corrected chi connectivity index (χ3v) is 2.44. The van der Waals surface area contributed by atoms with Crippen LogP contribution in [-0.4, -0.2) is 15.1 Å². The van der Waals surface area contributed by atoms with Crippen LogP contribution >= 0.6 is 23.8 Å². The fourth-order valence-electron chi connectivity index (χ4n) is 1.38. The normalized spacial score (nSPS) is 9.45. The Balaban J connectivity index is 0.00000200. The molecule has 1 aromatic heterocycles. The van der Waals surface area contributed by atoms with Crippen LogP contribution in [-0.2, 0) is 27.7 Å². The van der Waals surface area contributed by atoms with Crippen LogP contribution in [0.2, 0.25) is 5.15 Å². The maximum absolute atomic E-state index is 7.23. The van der Waals surface area contributed by atoms with Crippen LogP contribution in [0.3, 0.4) is 0 Å². The molecule has 0 aliphatic heterocycles. The second-order valence-corrected chi connectivity index (χ2v) is 4.37. The van der Waals surface area contributed by atoms with Crippen LogP contribution in [0.5, 0.6) is 5.88 Å². The van der Waals surface area contributed by atoms with Gasteiger partial charge >= 0.3 is 0 Å². The predicted molar refractivity (Wildman–Crippen MR) is 78.4 cm³/mol. The molecule has 5 nitrogen and oxygen atoms in total. The fraction of sp³-hybridized carbons (Fsp3) is 0.0833. The van der Waals surface area contributed by atoms with Gasteiger partial charge in [0.05, 0.1) is 6.20 Å². The van der Waals surface area contributed by atoms with E-state index in [1.807, 2.05) is 30.3 Å². The van der Waals surface area contributed by atoms with E-state index in [9.17, 15) is 0 Å². The molecule has 2 aromatic rings. The summed E-state index contributed by atoms with van der Waals surface area (Å²) in [6.07, 6.45) is 1.38. The molecule has 8 heteroatoms. The van der Waals surface area contributed by atoms with Gasteiger partial charge in [0.1, 0.15) is 17.6 Å². The van der Waals surface area contributed by atoms with E-state index in [0.717, 1.165) is 5.56 Å². The number of aromatic nitrogens is 2. The minimum Gasteiger partial charge on any atom is -0.473 e. The third kappa shape index (κ3) is 5.04. The van der Waals surface area contributed by atoms with Crippen LogP contribution in [0.25, 0.3) is 5.73 Å². The first-order valence-corrected chi connectivity index (χ1v) is 6.15. The molecular weight excluding hydrogens is 468 g/mol. The molecule has 1 heterocycles. The molecular formula is C12H10ClN4OSW-. The number of hydrogen-bond donors (Lipinski definition) is 1. The van der Waals surface area contributed by atoms with Gasteiger partial charge in [0.25, 0.3) is 0 Å². The summed E-state index contributed by atoms with van der Waals surface area (Å²) in [5, 5.41) is 2.59. The number of hydrogen-bond acceptors (Lipinski definition) is 4. The van der Waals surface area contributed by atoms with Gasteiger partial charge in [-0.2, -0.15) is 0 Å². The van der Waals surface area contributed by atoms with E-state index in [1.54, 1.807) is 0 Å². The van der Waals surface area contributed by atoms with E-state index in [4.69, 9.17) is 22.1 Å². The molecule has 20 heavy (non-hydrogen) atoms. The molecule has 2 rings (SSSR count). The summed E-state index contributed by atoms with van der Waals surface area (Å²) < 4.78 is 5.54. The zero-order chi connectivity index (χ0) is 13.7. The number of halogens is 1. The minimum absolute atomic E-state index is 0. The molecule has 104 valence electrons. The van der Waals surface area contributed by atoms with Gasteiger partial charge in [-0.25, -0.2) is 9.97 Å². The molecule has 0 fully saturated rings. The van der Waals surface area contributed by atoms with Gasteiger partial charge in [0, 0.05) is 26.2 Å². The molecule has 0 amide bonds. The maximum Gasteiger partial charge on any atom is 0.236 e. The number of ether oxygens (including phenoxy) is 1. The molecule has 0 spiro atoms. The largest absolute Gasteiger partial charge is 0.473 e. The quantitative estimate of drug-likeness (QED) is 0.683. The Morgan fingerprint density at radius 1 is 1.35 bits per heavy atom. The van der Waals surface area contributed by atoms with Crippen molar-refractivity contribution >= 4 is 34.7 Å². The smallest absolute Gasteiger partial charge is 0.236 e. The molecule has 0 aliphatic rings. The summed E-state index contributed by atoms with van der Waals surface area (Å²) in [6.45, 7) is 0.344. The van der Waals surface area contributed by atoms with Crippen LogP contribution in [0.1, 0.15) is 5.56 Å². The Kier molecular flexibility index (Phi) is 6.85. The molecule has 1 aromatic carbocycles. The predicted octanol–water partition coefficient (Wildman–Crippen LogP) is 3.46.